The Bertz CT molecular complexity index is 1010. The fraction of sp³-hybridized carbons (Fsp3) is 0.158. The summed E-state index contributed by atoms with van der Waals surface area (Å²) in [6, 6.07) is 8.82. The van der Waals surface area contributed by atoms with E-state index >= 15 is 0 Å². The van der Waals surface area contributed by atoms with Gasteiger partial charge < -0.3 is 19.3 Å². The number of rotatable bonds is 7. The molecule has 0 saturated carbocycles. The number of ether oxygens (including phenoxy) is 3. The average molecular weight is 420 g/mol. The highest BCUT2D eigenvalue weighted by atomic mass is 35.5. The lowest BCUT2D eigenvalue weighted by Gasteiger charge is -2.08. The largest absolute Gasteiger partial charge is 0.503 e. The molecule has 0 fully saturated rings. The third-order valence-electron chi connectivity index (χ3n) is 3.83. The Labute approximate surface area is 171 Å². The van der Waals surface area contributed by atoms with Crippen molar-refractivity contribution in [3.05, 3.63) is 46.3 Å². The van der Waals surface area contributed by atoms with Crippen LogP contribution in [-0.2, 0) is 0 Å². The van der Waals surface area contributed by atoms with Crippen molar-refractivity contribution in [2.45, 2.75) is 0 Å². The van der Waals surface area contributed by atoms with Crippen LogP contribution in [0.1, 0.15) is 5.56 Å². The first-order valence-electron chi connectivity index (χ1n) is 8.09. The van der Waals surface area contributed by atoms with Gasteiger partial charge in [-0.15, -0.1) is 11.3 Å². The van der Waals surface area contributed by atoms with Crippen molar-refractivity contribution < 1.29 is 19.3 Å². The molecule has 0 radical (unpaired) electrons. The van der Waals surface area contributed by atoms with Crippen LogP contribution in [-0.4, -0.2) is 37.6 Å². The number of hydrazone groups is 1. The van der Waals surface area contributed by atoms with Gasteiger partial charge in [0.2, 0.25) is 5.13 Å². The zero-order valence-electron chi connectivity index (χ0n) is 15.4. The number of phenols is 1. The zero-order valence-corrected chi connectivity index (χ0v) is 17.0. The summed E-state index contributed by atoms with van der Waals surface area (Å²) < 4.78 is 15.7. The molecule has 3 aromatic rings. The predicted molar refractivity (Wildman–Crippen MR) is 112 cm³/mol. The number of methoxy groups -OCH3 is 3. The fourth-order valence-corrected chi connectivity index (χ4v) is 3.33. The first-order chi connectivity index (χ1) is 13.5. The summed E-state index contributed by atoms with van der Waals surface area (Å²) in [5.74, 6) is 1.47. The van der Waals surface area contributed by atoms with Crippen molar-refractivity contribution in [1.82, 2.24) is 4.98 Å². The molecular weight excluding hydrogens is 402 g/mol. The zero-order chi connectivity index (χ0) is 20.1. The van der Waals surface area contributed by atoms with Crippen molar-refractivity contribution in [3.63, 3.8) is 0 Å². The standard InChI is InChI=1S/C19H18ClN3O4S/c1-25-15-5-4-12(8-16(15)26-2)14-10-28-19(22-14)23-21-9-11-6-13(20)18(24)17(7-11)27-3/h4-10,24H,1-3H3,(H,22,23)/b21-9-. The number of anilines is 1. The number of aromatic hydroxyl groups is 1. The van der Waals surface area contributed by atoms with Crippen LogP contribution in [0.3, 0.4) is 0 Å². The second-order valence-corrected chi connectivity index (χ2v) is 6.80. The van der Waals surface area contributed by atoms with Crippen LogP contribution in [0.25, 0.3) is 11.3 Å². The van der Waals surface area contributed by atoms with Crippen molar-refractivity contribution in [1.29, 1.82) is 0 Å². The summed E-state index contributed by atoms with van der Waals surface area (Å²) in [4.78, 5) is 4.51. The molecule has 0 aliphatic rings. The summed E-state index contributed by atoms with van der Waals surface area (Å²) in [5, 5.41) is 16.6. The van der Waals surface area contributed by atoms with E-state index in [-0.39, 0.29) is 16.5 Å². The predicted octanol–water partition coefficient (Wildman–Crippen LogP) is 4.64. The van der Waals surface area contributed by atoms with Gasteiger partial charge in [0, 0.05) is 10.9 Å². The Kier molecular flexibility index (Phi) is 6.23. The Balaban J connectivity index is 1.73. The molecule has 3 rings (SSSR count). The van der Waals surface area contributed by atoms with Gasteiger partial charge in [0.1, 0.15) is 0 Å². The lowest BCUT2D eigenvalue weighted by Crippen LogP contribution is -1.93. The van der Waals surface area contributed by atoms with Crippen molar-refractivity contribution in [2.24, 2.45) is 5.10 Å². The highest BCUT2D eigenvalue weighted by Gasteiger charge is 2.10. The number of nitrogens with one attached hydrogen (secondary N) is 1. The van der Waals surface area contributed by atoms with E-state index in [1.165, 1.54) is 18.4 Å². The van der Waals surface area contributed by atoms with Gasteiger partial charge in [0.15, 0.2) is 23.0 Å². The van der Waals surface area contributed by atoms with Crippen LogP contribution >= 0.6 is 22.9 Å². The molecule has 2 aromatic carbocycles. The van der Waals surface area contributed by atoms with Gasteiger partial charge >= 0.3 is 0 Å². The SMILES string of the molecule is COc1ccc(-c2csc(N/N=C\c3cc(Cl)c(O)c(OC)c3)n2)cc1OC. The van der Waals surface area contributed by atoms with Gasteiger partial charge in [-0.1, -0.05) is 11.6 Å². The van der Waals surface area contributed by atoms with Crippen LogP contribution in [0.5, 0.6) is 23.0 Å². The third-order valence-corrected chi connectivity index (χ3v) is 4.86. The number of aromatic nitrogens is 1. The minimum absolute atomic E-state index is 0.103. The molecular formula is C19H18ClN3O4S. The van der Waals surface area contributed by atoms with Crippen LogP contribution in [0.4, 0.5) is 5.13 Å². The van der Waals surface area contributed by atoms with Crippen LogP contribution < -0.4 is 19.6 Å². The normalized spacial score (nSPS) is 10.9. The first kappa shape index (κ1) is 19.8. The molecule has 1 heterocycles. The minimum Gasteiger partial charge on any atom is -0.503 e. The Morgan fingerprint density at radius 3 is 2.54 bits per heavy atom. The number of benzene rings is 2. The van der Waals surface area contributed by atoms with Gasteiger partial charge in [-0.3, -0.25) is 5.43 Å². The van der Waals surface area contributed by atoms with E-state index in [9.17, 15) is 5.11 Å². The summed E-state index contributed by atoms with van der Waals surface area (Å²) in [5.41, 5.74) is 5.24. The van der Waals surface area contributed by atoms with Crippen LogP contribution in [0.2, 0.25) is 5.02 Å². The highest BCUT2D eigenvalue weighted by molar-refractivity contribution is 7.14. The summed E-state index contributed by atoms with van der Waals surface area (Å²) in [7, 11) is 4.64. The molecule has 0 unspecified atom stereocenters. The number of thiazole rings is 1. The Hall–Kier alpha value is -2.97. The van der Waals surface area contributed by atoms with E-state index in [2.05, 4.69) is 15.5 Å². The summed E-state index contributed by atoms with van der Waals surface area (Å²) in [6.07, 6.45) is 1.56. The molecule has 9 heteroatoms. The van der Waals surface area contributed by atoms with Gasteiger partial charge in [0.05, 0.1) is 38.3 Å². The number of phenolic OH excluding ortho intramolecular Hbond substituents is 1. The van der Waals surface area contributed by atoms with Gasteiger partial charge in [-0.2, -0.15) is 5.10 Å². The van der Waals surface area contributed by atoms with Gasteiger partial charge in [-0.25, -0.2) is 4.98 Å². The molecule has 7 nitrogen and oxygen atoms in total. The molecule has 0 aliphatic carbocycles. The van der Waals surface area contributed by atoms with E-state index in [1.807, 2.05) is 23.6 Å². The number of hydrogen-bond donors (Lipinski definition) is 2. The molecule has 0 bridgehead atoms. The quantitative estimate of drug-likeness (QED) is 0.428. The number of hydrogen-bond acceptors (Lipinski definition) is 8. The molecule has 0 aliphatic heterocycles. The molecule has 2 N–H and O–H groups in total. The maximum absolute atomic E-state index is 9.76. The lowest BCUT2D eigenvalue weighted by molar-refractivity contribution is 0.355. The van der Waals surface area contributed by atoms with Crippen LogP contribution in [0, 0.1) is 0 Å². The maximum Gasteiger partial charge on any atom is 0.203 e. The average Bonchev–Trinajstić information content (AvgIpc) is 3.18. The first-order valence-corrected chi connectivity index (χ1v) is 9.35. The summed E-state index contributed by atoms with van der Waals surface area (Å²) in [6.45, 7) is 0. The third kappa shape index (κ3) is 4.29. The fourth-order valence-electron chi connectivity index (χ4n) is 2.44. The smallest absolute Gasteiger partial charge is 0.203 e. The molecule has 146 valence electrons. The molecule has 0 atom stereocenters. The second kappa shape index (κ2) is 8.81. The molecule has 1 aromatic heterocycles. The van der Waals surface area contributed by atoms with Gasteiger partial charge in [0.25, 0.3) is 0 Å². The monoisotopic (exact) mass is 419 g/mol. The Morgan fingerprint density at radius 1 is 1.07 bits per heavy atom. The van der Waals surface area contributed by atoms with E-state index in [0.717, 1.165) is 11.3 Å². The van der Waals surface area contributed by atoms with E-state index < -0.39 is 0 Å². The van der Waals surface area contributed by atoms with E-state index in [0.29, 0.717) is 22.2 Å². The summed E-state index contributed by atoms with van der Waals surface area (Å²) >= 11 is 7.39. The van der Waals surface area contributed by atoms with E-state index in [4.69, 9.17) is 25.8 Å². The molecule has 28 heavy (non-hydrogen) atoms. The molecule has 0 spiro atoms. The van der Waals surface area contributed by atoms with Crippen molar-refractivity contribution >= 4 is 34.3 Å². The number of nitrogens with zero attached hydrogens (tertiary/aromatic N) is 2. The highest BCUT2D eigenvalue weighted by Crippen LogP contribution is 2.35. The van der Waals surface area contributed by atoms with E-state index in [1.54, 1.807) is 32.6 Å². The lowest BCUT2D eigenvalue weighted by atomic mass is 10.1. The minimum atomic E-state index is -0.103. The van der Waals surface area contributed by atoms with Gasteiger partial charge in [-0.05, 0) is 35.9 Å². The Morgan fingerprint density at radius 2 is 1.82 bits per heavy atom. The second-order valence-electron chi connectivity index (χ2n) is 5.53. The topological polar surface area (TPSA) is 85.2 Å². The van der Waals surface area contributed by atoms with Crippen LogP contribution in [0.15, 0.2) is 40.8 Å². The van der Waals surface area contributed by atoms with Crippen molar-refractivity contribution in [2.75, 3.05) is 26.8 Å². The maximum atomic E-state index is 9.76. The molecule has 0 amide bonds. The van der Waals surface area contributed by atoms with Crippen molar-refractivity contribution in [3.8, 4) is 34.3 Å². The molecule has 0 saturated heterocycles. The number of halogens is 1.